The Labute approximate surface area is 156 Å². The van der Waals surface area contributed by atoms with Gasteiger partial charge in [0.25, 0.3) is 11.8 Å². The maximum Gasteiger partial charge on any atom is 0.261 e. The van der Waals surface area contributed by atoms with E-state index in [4.69, 9.17) is 0 Å². The first-order chi connectivity index (χ1) is 12.5. The van der Waals surface area contributed by atoms with Crippen LogP contribution in [-0.2, 0) is 9.59 Å². The minimum Gasteiger partial charge on any atom is -0.306 e. The normalized spacial score (nSPS) is 17.2. The number of carbonyl (C=O) groups excluding carboxylic acids is 2. The quantitative estimate of drug-likeness (QED) is 0.791. The average molecular weight is 392 g/mol. The van der Waals surface area contributed by atoms with Gasteiger partial charge in [-0.2, -0.15) is 8.78 Å². The fraction of sp³-hybridized carbons (Fsp3) is 0.222. The summed E-state index contributed by atoms with van der Waals surface area (Å²) in [7, 11) is 0. The van der Waals surface area contributed by atoms with Gasteiger partial charge in [-0.3, -0.25) is 9.59 Å². The van der Waals surface area contributed by atoms with Crippen molar-refractivity contribution in [2.45, 2.75) is 13.8 Å². The van der Waals surface area contributed by atoms with Crippen molar-refractivity contribution in [2.24, 2.45) is 0 Å². The molecule has 4 heterocycles. The van der Waals surface area contributed by atoms with Crippen LogP contribution in [0.1, 0.15) is 23.6 Å². The number of rotatable bonds is 4. The van der Waals surface area contributed by atoms with Gasteiger partial charge in [0.1, 0.15) is 0 Å². The fourth-order valence-electron chi connectivity index (χ4n) is 3.40. The van der Waals surface area contributed by atoms with Gasteiger partial charge in [-0.1, -0.05) is 0 Å². The van der Waals surface area contributed by atoms with E-state index < -0.39 is 0 Å². The number of amides is 2. The van der Waals surface area contributed by atoms with Crippen LogP contribution >= 0.6 is 22.7 Å². The largest absolute Gasteiger partial charge is 0.306 e. The summed E-state index contributed by atoms with van der Waals surface area (Å²) in [5.74, 6) is -0.612. The molecule has 26 heavy (non-hydrogen) atoms. The highest BCUT2D eigenvalue weighted by molar-refractivity contribution is 7.12. The Morgan fingerprint density at radius 2 is 1.15 bits per heavy atom. The van der Waals surface area contributed by atoms with E-state index >= 15 is 0 Å². The van der Waals surface area contributed by atoms with Crippen LogP contribution in [0.25, 0.3) is 11.4 Å². The lowest BCUT2D eigenvalue weighted by Gasteiger charge is -2.22. The number of fused-ring (bicyclic) bond motifs is 1. The zero-order valence-electron chi connectivity index (χ0n) is 14.0. The fourth-order valence-corrected chi connectivity index (χ4v) is 4.98. The highest BCUT2D eigenvalue weighted by atomic mass is 32.1. The molecule has 0 N–H and O–H groups in total. The lowest BCUT2D eigenvalue weighted by molar-refractivity contribution is -0.124. The lowest BCUT2D eigenvalue weighted by atomic mass is 10.1. The van der Waals surface area contributed by atoms with Gasteiger partial charge >= 0.3 is 0 Å². The molecular weight excluding hydrogens is 378 g/mol. The second-order valence-corrected chi connectivity index (χ2v) is 7.82. The summed E-state index contributed by atoms with van der Waals surface area (Å²) < 4.78 is 27.2. The minimum atomic E-state index is -0.382. The summed E-state index contributed by atoms with van der Waals surface area (Å²) in [6.45, 7) is 4.31. The molecule has 0 fully saturated rings. The summed E-state index contributed by atoms with van der Waals surface area (Å²) >= 11 is 1.80. The van der Waals surface area contributed by atoms with Crippen molar-refractivity contribution in [3.8, 4) is 0 Å². The van der Waals surface area contributed by atoms with Gasteiger partial charge in [0, 0.05) is 13.1 Å². The van der Waals surface area contributed by atoms with Crippen LogP contribution in [0.3, 0.4) is 0 Å². The number of nitrogens with zero attached hydrogens (tertiary/aromatic N) is 2. The zero-order valence-corrected chi connectivity index (χ0v) is 15.6. The Bertz CT molecular complexity index is 922. The molecule has 0 aliphatic carbocycles. The Hall–Kier alpha value is -2.32. The summed E-state index contributed by atoms with van der Waals surface area (Å²) in [6, 6.07) is 5.79. The molecule has 8 heteroatoms. The molecule has 0 spiro atoms. The standard InChI is InChI=1S/C18H14F2N2O2S2/c1-3-21-15(9-5-7-11(19)25-9)13-14(17(21)23)16(22(4-2)18(13)24)10-6-8-12(20)26-10/h5-8H,3-4H2,1-2H3. The van der Waals surface area contributed by atoms with E-state index in [0.717, 1.165) is 22.7 Å². The van der Waals surface area contributed by atoms with Gasteiger partial charge in [-0.25, -0.2) is 0 Å². The van der Waals surface area contributed by atoms with Gasteiger partial charge < -0.3 is 9.80 Å². The number of hydrogen-bond acceptors (Lipinski definition) is 4. The second-order valence-electron chi connectivity index (χ2n) is 5.75. The van der Waals surface area contributed by atoms with Gasteiger partial charge in [0.2, 0.25) is 0 Å². The second kappa shape index (κ2) is 6.14. The van der Waals surface area contributed by atoms with Crippen molar-refractivity contribution in [2.75, 3.05) is 13.1 Å². The van der Waals surface area contributed by atoms with Crippen molar-refractivity contribution in [1.82, 2.24) is 9.80 Å². The van der Waals surface area contributed by atoms with Gasteiger partial charge in [-0.05, 0) is 38.1 Å². The zero-order chi connectivity index (χ0) is 18.6. The molecule has 0 saturated carbocycles. The summed E-state index contributed by atoms with van der Waals surface area (Å²) in [4.78, 5) is 30.2. The van der Waals surface area contributed by atoms with Crippen LogP contribution in [0, 0.1) is 10.3 Å². The summed E-state index contributed by atoms with van der Waals surface area (Å²) in [5, 5.41) is -0.764. The smallest absolute Gasteiger partial charge is 0.261 e. The molecule has 0 radical (unpaired) electrons. The molecule has 4 nitrogen and oxygen atoms in total. The first kappa shape index (κ1) is 17.1. The van der Waals surface area contributed by atoms with Crippen molar-refractivity contribution in [3.05, 3.63) is 55.4 Å². The highest BCUT2D eigenvalue weighted by Crippen LogP contribution is 2.48. The van der Waals surface area contributed by atoms with Crippen molar-refractivity contribution in [1.29, 1.82) is 0 Å². The lowest BCUT2D eigenvalue weighted by Crippen LogP contribution is -2.29. The van der Waals surface area contributed by atoms with Gasteiger partial charge in [0.05, 0.1) is 32.3 Å². The topological polar surface area (TPSA) is 40.6 Å². The van der Waals surface area contributed by atoms with Crippen LogP contribution in [0.2, 0.25) is 0 Å². The molecule has 134 valence electrons. The first-order valence-electron chi connectivity index (χ1n) is 8.12. The van der Waals surface area contributed by atoms with Crippen molar-refractivity contribution in [3.63, 3.8) is 0 Å². The molecule has 0 bridgehead atoms. The highest BCUT2D eigenvalue weighted by Gasteiger charge is 2.48. The third-order valence-electron chi connectivity index (χ3n) is 4.43. The van der Waals surface area contributed by atoms with Crippen LogP contribution < -0.4 is 0 Å². The van der Waals surface area contributed by atoms with Gasteiger partial charge in [0.15, 0.2) is 10.3 Å². The molecule has 0 saturated heterocycles. The summed E-state index contributed by atoms with van der Waals surface area (Å²) in [5.41, 5.74) is 1.45. The molecule has 2 aliphatic rings. The van der Waals surface area contributed by atoms with Crippen LogP contribution in [0.4, 0.5) is 8.78 Å². The molecule has 4 rings (SSSR count). The number of likely N-dealkylation sites (N-methyl/N-ethyl adjacent to an activating group) is 2. The first-order valence-corrected chi connectivity index (χ1v) is 9.75. The molecular formula is C18H14F2N2O2S2. The molecule has 2 aliphatic heterocycles. The minimum absolute atomic E-state index is 0.282. The number of carbonyl (C=O) groups is 2. The van der Waals surface area contributed by atoms with Crippen LogP contribution in [0.15, 0.2) is 35.4 Å². The van der Waals surface area contributed by atoms with Crippen LogP contribution in [0.5, 0.6) is 0 Å². The Morgan fingerprint density at radius 1 is 0.769 bits per heavy atom. The predicted octanol–water partition coefficient (Wildman–Crippen LogP) is 3.93. The molecule has 0 atom stereocenters. The Morgan fingerprint density at radius 3 is 1.42 bits per heavy atom. The van der Waals surface area contributed by atoms with Crippen molar-refractivity contribution >= 4 is 45.9 Å². The molecule has 2 aromatic rings. The van der Waals surface area contributed by atoms with E-state index in [0.29, 0.717) is 34.2 Å². The number of hydrogen-bond donors (Lipinski definition) is 0. The average Bonchev–Trinajstić information content (AvgIpc) is 3.34. The Kier molecular flexibility index (Phi) is 4.04. The van der Waals surface area contributed by atoms with E-state index in [-0.39, 0.29) is 33.2 Å². The van der Waals surface area contributed by atoms with Gasteiger partial charge in [-0.15, -0.1) is 22.7 Å². The van der Waals surface area contributed by atoms with E-state index in [1.54, 1.807) is 26.0 Å². The number of halogens is 2. The molecule has 2 amide bonds. The van der Waals surface area contributed by atoms with Crippen molar-refractivity contribution < 1.29 is 18.4 Å². The monoisotopic (exact) mass is 392 g/mol. The SMILES string of the molecule is CCN1C(=O)C2=C(c3ccc(F)s3)N(CC)C(=O)C2=C1c1ccc(F)s1. The van der Waals surface area contributed by atoms with Crippen LogP contribution in [-0.4, -0.2) is 34.7 Å². The predicted molar refractivity (Wildman–Crippen MR) is 97.2 cm³/mol. The molecule has 0 aromatic carbocycles. The maximum absolute atomic E-state index is 13.6. The molecule has 2 aromatic heterocycles. The Balaban J connectivity index is 2.02. The third-order valence-corrected chi connectivity index (χ3v) is 6.19. The maximum atomic E-state index is 13.6. The van der Waals surface area contributed by atoms with E-state index in [1.165, 1.54) is 21.9 Å². The molecule has 0 unspecified atom stereocenters. The van der Waals surface area contributed by atoms with E-state index in [2.05, 4.69) is 0 Å². The van der Waals surface area contributed by atoms with E-state index in [1.807, 2.05) is 0 Å². The third kappa shape index (κ3) is 2.29. The summed E-state index contributed by atoms with van der Waals surface area (Å²) in [6.07, 6.45) is 0. The van der Waals surface area contributed by atoms with E-state index in [9.17, 15) is 18.4 Å². The number of thiophene rings is 2.